The Labute approximate surface area is 96.1 Å². The van der Waals surface area contributed by atoms with E-state index in [0.29, 0.717) is 18.4 Å². The maximum atomic E-state index is 13.1. The Balaban J connectivity index is 3.03. The van der Waals surface area contributed by atoms with Gasteiger partial charge in [0, 0.05) is 7.11 Å². The first-order valence-corrected chi connectivity index (χ1v) is 5.58. The Hall–Kier alpha value is -0.930. The third kappa shape index (κ3) is 2.42. The van der Waals surface area contributed by atoms with E-state index in [1.807, 2.05) is 13.8 Å². The van der Waals surface area contributed by atoms with Crippen molar-refractivity contribution >= 4 is 0 Å². The Morgan fingerprint density at radius 3 is 2.44 bits per heavy atom. The van der Waals surface area contributed by atoms with Crippen molar-refractivity contribution in [2.45, 2.75) is 38.4 Å². The van der Waals surface area contributed by atoms with Gasteiger partial charge < -0.3 is 9.84 Å². The number of rotatable bonds is 5. The number of methoxy groups -OCH3 is 1. The molecule has 1 N–H and O–H groups in total. The van der Waals surface area contributed by atoms with Crippen LogP contribution in [0.2, 0.25) is 0 Å². The molecule has 90 valence electrons. The fraction of sp³-hybridized carbons (Fsp3) is 0.538. The maximum Gasteiger partial charge on any atom is 0.123 e. The summed E-state index contributed by atoms with van der Waals surface area (Å²) in [5.41, 5.74) is -0.0705. The van der Waals surface area contributed by atoms with Crippen LogP contribution in [0.15, 0.2) is 24.3 Å². The van der Waals surface area contributed by atoms with Crippen LogP contribution in [0.3, 0.4) is 0 Å². The molecular weight excluding hydrogens is 207 g/mol. The molecule has 16 heavy (non-hydrogen) atoms. The van der Waals surface area contributed by atoms with E-state index in [1.165, 1.54) is 12.1 Å². The number of benzene rings is 1. The molecule has 0 aliphatic rings. The average Bonchev–Trinajstić information content (AvgIpc) is 2.32. The van der Waals surface area contributed by atoms with Crippen molar-refractivity contribution in [2.75, 3.05) is 7.11 Å². The van der Waals surface area contributed by atoms with E-state index in [1.54, 1.807) is 19.2 Å². The molecule has 0 heterocycles. The van der Waals surface area contributed by atoms with Gasteiger partial charge in [0.1, 0.15) is 11.9 Å². The number of aliphatic hydroxyl groups is 1. The molecule has 3 heteroatoms. The average molecular weight is 226 g/mol. The van der Waals surface area contributed by atoms with E-state index >= 15 is 0 Å². The lowest BCUT2D eigenvalue weighted by Gasteiger charge is -2.35. The highest BCUT2D eigenvalue weighted by molar-refractivity contribution is 5.21. The van der Waals surface area contributed by atoms with Crippen LogP contribution >= 0.6 is 0 Å². The molecule has 0 amide bonds. The van der Waals surface area contributed by atoms with E-state index in [9.17, 15) is 9.50 Å². The van der Waals surface area contributed by atoms with Gasteiger partial charge in [0.2, 0.25) is 0 Å². The standard InChI is InChI=1S/C13H19FO2/c1-4-13(5-2,16-3)12(15)10-7-6-8-11(14)9-10/h6-9,12,15H,4-5H2,1-3H3. The number of hydrogen-bond acceptors (Lipinski definition) is 2. The van der Waals surface area contributed by atoms with Gasteiger partial charge in [-0.2, -0.15) is 0 Å². The normalized spacial score (nSPS) is 13.8. The lowest BCUT2D eigenvalue weighted by atomic mass is 9.86. The predicted octanol–water partition coefficient (Wildman–Crippen LogP) is 3.06. The van der Waals surface area contributed by atoms with E-state index in [2.05, 4.69) is 0 Å². The molecule has 2 nitrogen and oxygen atoms in total. The third-order valence-electron chi connectivity index (χ3n) is 3.27. The number of halogens is 1. The van der Waals surface area contributed by atoms with Gasteiger partial charge in [-0.15, -0.1) is 0 Å². The van der Waals surface area contributed by atoms with Crippen LogP contribution in [-0.2, 0) is 4.74 Å². The second-order valence-electron chi connectivity index (χ2n) is 3.93. The largest absolute Gasteiger partial charge is 0.385 e. The molecule has 0 aliphatic carbocycles. The summed E-state index contributed by atoms with van der Waals surface area (Å²) >= 11 is 0. The number of ether oxygens (including phenoxy) is 1. The van der Waals surface area contributed by atoms with E-state index in [-0.39, 0.29) is 5.82 Å². The van der Waals surface area contributed by atoms with Crippen LogP contribution in [0.1, 0.15) is 38.4 Å². The zero-order valence-corrected chi connectivity index (χ0v) is 10.0. The van der Waals surface area contributed by atoms with Gasteiger partial charge in [0.15, 0.2) is 0 Å². The summed E-state index contributed by atoms with van der Waals surface area (Å²) in [5.74, 6) is -0.339. The van der Waals surface area contributed by atoms with Crippen LogP contribution in [0.4, 0.5) is 4.39 Å². The first kappa shape index (κ1) is 13.1. The SMILES string of the molecule is CCC(CC)(OC)C(O)c1cccc(F)c1. The minimum atomic E-state index is -0.803. The van der Waals surface area contributed by atoms with Gasteiger partial charge in [-0.25, -0.2) is 4.39 Å². The van der Waals surface area contributed by atoms with Gasteiger partial charge in [-0.1, -0.05) is 26.0 Å². The molecule has 0 aromatic heterocycles. The van der Waals surface area contributed by atoms with Gasteiger partial charge in [0.25, 0.3) is 0 Å². The fourth-order valence-electron chi connectivity index (χ4n) is 2.02. The molecular formula is C13H19FO2. The molecule has 1 unspecified atom stereocenters. The summed E-state index contributed by atoms with van der Waals surface area (Å²) in [5, 5.41) is 10.3. The molecule has 1 rings (SSSR count). The monoisotopic (exact) mass is 226 g/mol. The van der Waals surface area contributed by atoms with Gasteiger partial charge in [-0.3, -0.25) is 0 Å². The summed E-state index contributed by atoms with van der Waals surface area (Å²) in [6, 6.07) is 6.03. The van der Waals surface area contributed by atoms with Gasteiger partial charge in [-0.05, 0) is 30.5 Å². The molecule has 1 atom stereocenters. The van der Waals surface area contributed by atoms with Gasteiger partial charge >= 0.3 is 0 Å². The molecule has 0 bridgehead atoms. The zero-order valence-electron chi connectivity index (χ0n) is 10.0. The van der Waals surface area contributed by atoms with Crippen molar-refractivity contribution in [1.29, 1.82) is 0 Å². The lowest BCUT2D eigenvalue weighted by molar-refractivity contribution is -0.110. The summed E-state index contributed by atoms with van der Waals surface area (Å²) in [4.78, 5) is 0. The predicted molar refractivity (Wildman–Crippen MR) is 61.7 cm³/mol. The molecule has 1 aromatic rings. The fourth-order valence-corrected chi connectivity index (χ4v) is 2.02. The molecule has 0 saturated carbocycles. The second-order valence-corrected chi connectivity index (χ2v) is 3.93. The Kier molecular flexibility index (Phi) is 4.44. The van der Waals surface area contributed by atoms with Crippen molar-refractivity contribution in [3.8, 4) is 0 Å². The van der Waals surface area contributed by atoms with E-state index in [0.717, 1.165) is 0 Å². The molecule has 1 aromatic carbocycles. The highest BCUT2D eigenvalue weighted by Gasteiger charge is 2.35. The van der Waals surface area contributed by atoms with E-state index < -0.39 is 11.7 Å². The Morgan fingerprint density at radius 2 is 2.00 bits per heavy atom. The minimum absolute atomic E-state index is 0.339. The van der Waals surface area contributed by atoms with Crippen LogP contribution in [0.5, 0.6) is 0 Å². The number of hydrogen-bond donors (Lipinski definition) is 1. The van der Waals surface area contributed by atoms with Crippen LogP contribution in [0, 0.1) is 5.82 Å². The van der Waals surface area contributed by atoms with Crippen LogP contribution in [-0.4, -0.2) is 17.8 Å². The third-order valence-corrected chi connectivity index (χ3v) is 3.27. The highest BCUT2D eigenvalue weighted by Crippen LogP contribution is 2.34. The van der Waals surface area contributed by atoms with Crippen molar-refractivity contribution < 1.29 is 14.2 Å². The van der Waals surface area contributed by atoms with Crippen molar-refractivity contribution in [3.63, 3.8) is 0 Å². The molecule has 0 aliphatic heterocycles. The molecule has 0 radical (unpaired) electrons. The minimum Gasteiger partial charge on any atom is -0.385 e. The maximum absolute atomic E-state index is 13.1. The lowest BCUT2D eigenvalue weighted by Crippen LogP contribution is -2.37. The van der Waals surface area contributed by atoms with Crippen LogP contribution in [0.25, 0.3) is 0 Å². The summed E-state index contributed by atoms with van der Waals surface area (Å²) in [6.45, 7) is 3.91. The number of aliphatic hydroxyl groups excluding tert-OH is 1. The smallest absolute Gasteiger partial charge is 0.123 e. The summed E-state index contributed by atoms with van der Waals surface area (Å²) in [6.07, 6.45) is 0.554. The van der Waals surface area contributed by atoms with Crippen molar-refractivity contribution in [2.24, 2.45) is 0 Å². The van der Waals surface area contributed by atoms with Gasteiger partial charge in [0.05, 0.1) is 5.60 Å². The molecule has 0 spiro atoms. The van der Waals surface area contributed by atoms with E-state index in [4.69, 9.17) is 4.74 Å². The van der Waals surface area contributed by atoms with Crippen LogP contribution < -0.4 is 0 Å². The summed E-state index contributed by atoms with van der Waals surface area (Å²) < 4.78 is 18.5. The Bertz CT molecular complexity index is 326. The molecule has 0 saturated heterocycles. The second kappa shape index (κ2) is 5.41. The molecule has 0 fully saturated rings. The summed E-state index contributed by atoms with van der Waals surface area (Å²) in [7, 11) is 1.58. The van der Waals surface area contributed by atoms with Crippen molar-refractivity contribution in [1.82, 2.24) is 0 Å². The van der Waals surface area contributed by atoms with Crippen molar-refractivity contribution in [3.05, 3.63) is 35.6 Å². The first-order valence-electron chi connectivity index (χ1n) is 5.58. The quantitative estimate of drug-likeness (QED) is 0.836. The zero-order chi connectivity index (χ0) is 12.2. The topological polar surface area (TPSA) is 29.5 Å². The Morgan fingerprint density at radius 1 is 1.38 bits per heavy atom. The highest BCUT2D eigenvalue weighted by atomic mass is 19.1. The first-order chi connectivity index (χ1) is 7.59.